The Bertz CT molecular complexity index is 1060. The molecular formula is C20H15Cl2N3O4. The van der Waals surface area contributed by atoms with Crippen molar-refractivity contribution in [3.63, 3.8) is 0 Å². The Hall–Kier alpha value is -3.16. The minimum Gasteiger partial charge on any atom is -0.482 e. The monoisotopic (exact) mass is 431 g/mol. The van der Waals surface area contributed by atoms with Crippen molar-refractivity contribution in [3.8, 4) is 5.75 Å². The van der Waals surface area contributed by atoms with Gasteiger partial charge in [0.2, 0.25) is 0 Å². The molecule has 1 aliphatic heterocycles. The third kappa shape index (κ3) is 4.01. The molecule has 3 aromatic rings. The van der Waals surface area contributed by atoms with Crippen molar-refractivity contribution < 1.29 is 18.7 Å². The van der Waals surface area contributed by atoms with E-state index in [9.17, 15) is 9.59 Å². The summed E-state index contributed by atoms with van der Waals surface area (Å²) >= 11 is 11.9. The van der Waals surface area contributed by atoms with E-state index in [1.165, 1.54) is 17.3 Å². The molecule has 2 heterocycles. The minimum absolute atomic E-state index is 0.281. The predicted molar refractivity (Wildman–Crippen MR) is 108 cm³/mol. The number of benzene rings is 2. The van der Waals surface area contributed by atoms with E-state index in [1.807, 2.05) is 6.07 Å². The van der Waals surface area contributed by atoms with Gasteiger partial charge >= 0.3 is 0 Å². The second-order valence-corrected chi connectivity index (χ2v) is 7.03. The highest BCUT2D eigenvalue weighted by Gasteiger charge is 2.35. The molecule has 0 radical (unpaired) electrons. The lowest BCUT2D eigenvalue weighted by Gasteiger charge is -2.36. The average molecular weight is 432 g/mol. The van der Waals surface area contributed by atoms with Crippen LogP contribution in [-0.4, -0.2) is 23.4 Å². The molecule has 148 valence electrons. The van der Waals surface area contributed by atoms with Crippen LogP contribution in [0.25, 0.3) is 0 Å². The van der Waals surface area contributed by atoms with E-state index in [-0.39, 0.29) is 17.5 Å². The van der Waals surface area contributed by atoms with Gasteiger partial charge in [0, 0.05) is 10.7 Å². The van der Waals surface area contributed by atoms with Crippen LogP contribution in [0.2, 0.25) is 10.0 Å². The number of fused-ring (bicyclic) bond motifs is 1. The Morgan fingerprint density at radius 1 is 1.17 bits per heavy atom. The fourth-order valence-electron chi connectivity index (χ4n) is 2.92. The third-order valence-corrected chi connectivity index (χ3v) is 4.77. The molecule has 29 heavy (non-hydrogen) atoms. The number of para-hydroxylation sites is 1. The van der Waals surface area contributed by atoms with E-state index in [2.05, 4.69) is 10.7 Å². The molecule has 0 saturated heterocycles. The predicted octanol–water partition coefficient (Wildman–Crippen LogP) is 4.26. The second kappa shape index (κ2) is 8.06. The zero-order valence-corrected chi connectivity index (χ0v) is 16.4. The topological polar surface area (TPSA) is 83.8 Å². The van der Waals surface area contributed by atoms with E-state index in [0.29, 0.717) is 27.8 Å². The number of carbonyl (C=O) groups excluding carboxylic acids is 2. The van der Waals surface area contributed by atoms with E-state index in [4.69, 9.17) is 32.4 Å². The van der Waals surface area contributed by atoms with E-state index in [1.54, 1.807) is 42.5 Å². The van der Waals surface area contributed by atoms with Crippen LogP contribution < -0.4 is 15.5 Å². The van der Waals surface area contributed by atoms with Gasteiger partial charge in [-0.25, -0.2) is 5.01 Å². The van der Waals surface area contributed by atoms with Crippen molar-refractivity contribution >= 4 is 40.7 Å². The Morgan fingerprint density at radius 3 is 2.76 bits per heavy atom. The first-order chi connectivity index (χ1) is 14.0. The van der Waals surface area contributed by atoms with Gasteiger partial charge in [-0.15, -0.1) is 0 Å². The standard InChI is InChI=1S/C20H15Cl2N3O4/c21-12-7-8-16(14(22)10-12)29-11-18(26)24-25-19(17-6-3-9-28-17)23-15-5-2-1-4-13(15)20(25)27/h1-10,19,23H,11H2,(H,24,26). The minimum atomic E-state index is -0.713. The summed E-state index contributed by atoms with van der Waals surface area (Å²) in [6, 6.07) is 15.1. The van der Waals surface area contributed by atoms with Crippen molar-refractivity contribution in [2.45, 2.75) is 6.17 Å². The van der Waals surface area contributed by atoms with Crippen molar-refractivity contribution in [1.82, 2.24) is 10.4 Å². The molecule has 0 spiro atoms. The number of amides is 2. The van der Waals surface area contributed by atoms with Crippen molar-refractivity contribution in [2.75, 3.05) is 11.9 Å². The smallest absolute Gasteiger partial charge is 0.276 e. The Kier molecular flexibility index (Phi) is 5.33. The quantitative estimate of drug-likeness (QED) is 0.630. The first kappa shape index (κ1) is 19.2. The average Bonchev–Trinajstić information content (AvgIpc) is 3.24. The van der Waals surface area contributed by atoms with Crippen molar-refractivity contribution in [2.24, 2.45) is 0 Å². The number of hydrazine groups is 1. The van der Waals surface area contributed by atoms with E-state index in [0.717, 1.165) is 0 Å². The van der Waals surface area contributed by atoms with E-state index < -0.39 is 12.1 Å². The SMILES string of the molecule is O=C(COc1ccc(Cl)cc1Cl)NN1C(=O)c2ccccc2NC1c1ccco1. The van der Waals surface area contributed by atoms with Crippen LogP contribution in [0.5, 0.6) is 5.75 Å². The van der Waals surface area contributed by atoms with Crippen LogP contribution in [-0.2, 0) is 4.79 Å². The number of anilines is 1. The second-order valence-electron chi connectivity index (χ2n) is 6.18. The van der Waals surface area contributed by atoms with Gasteiger partial charge in [0.25, 0.3) is 11.8 Å². The summed E-state index contributed by atoms with van der Waals surface area (Å²) in [5, 5.41) is 5.11. The molecule has 4 rings (SSSR count). The maximum Gasteiger partial charge on any atom is 0.276 e. The molecule has 7 nitrogen and oxygen atoms in total. The molecule has 1 unspecified atom stereocenters. The first-order valence-corrected chi connectivity index (χ1v) is 9.38. The van der Waals surface area contributed by atoms with E-state index >= 15 is 0 Å². The molecule has 0 fully saturated rings. The normalized spacial score (nSPS) is 15.4. The highest BCUT2D eigenvalue weighted by atomic mass is 35.5. The third-order valence-electron chi connectivity index (χ3n) is 4.24. The van der Waals surface area contributed by atoms with Crippen molar-refractivity contribution in [3.05, 3.63) is 82.2 Å². The Balaban J connectivity index is 1.52. The molecular weight excluding hydrogens is 417 g/mol. The lowest BCUT2D eigenvalue weighted by Crippen LogP contribution is -2.53. The summed E-state index contributed by atoms with van der Waals surface area (Å²) in [5.41, 5.74) is 3.65. The summed E-state index contributed by atoms with van der Waals surface area (Å²) < 4.78 is 10.9. The Morgan fingerprint density at radius 2 is 2.00 bits per heavy atom. The molecule has 0 bridgehead atoms. The summed E-state index contributed by atoms with van der Waals surface area (Å²) in [5.74, 6) is -0.141. The number of nitrogens with zero attached hydrogens (tertiary/aromatic N) is 1. The van der Waals surface area contributed by atoms with Gasteiger partial charge in [-0.3, -0.25) is 15.0 Å². The van der Waals surface area contributed by atoms with Gasteiger partial charge in [-0.2, -0.15) is 0 Å². The lowest BCUT2D eigenvalue weighted by molar-refractivity contribution is -0.127. The van der Waals surface area contributed by atoms with Gasteiger partial charge in [0.15, 0.2) is 12.8 Å². The number of hydrogen-bond donors (Lipinski definition) is 2. The molecule has 9 heteroatoms. The maximum atomic E-state index is 13.0. The van der Waals surface area contributed by atoms with Crippen LogP contribution in [0.1, 0.15) is 22.3 Å². The van der Waals surface area contributed by atoms with Crippen LogP contribution in [0.15, 0.2) is 65.3 Å². The molecule has 2 amide bonds. The van der Waals surface area contributed by atoms with Crippen LogP contribution in [0.3, 0.4) is 0 Å². The lowest BCUT2D eigenvalue weighted by atomic mass is 10.1. The molecule has 1 aliphatic rings. The number of furan rings is 1. The van der Waals surface area contributed by atoms with Gasteiger partial charge in [-0.1, -0.05) is 35.3 Å². The van der Waals surface area contributed by atoms with Crippen LogP contribution in [0, 0.1) is 0 Å². The largest absolute Gasteiger partial charge is 0.482 e. The van der Waals surface area contributed by atoms with Crippen molar-refractivity contribution in [1.29, 1.82) is 0 Å². The zero-order chi connectivity index (χ0) is 20.4. The fraction of sp³-hybridized carbons (Fsp3) is 0.100. The molecule has 0 aliphatic carbocycles. The summed E-state index contributed by atoms with van der Waals surface area (Å²) in [4.78, 5) is 25.5. The van der Waals surface area contributed by atoms with Gasteiger partial charge < -0.3 is 14.5 Å². The highest BCUT2D eigenvalue weighted by Crippen LogP contribution is 2.32. The zero-order valence-electron chi connectivity index (χ0n) is 14.9. The summed E-state index contributed by atoms with van der Waals surface area (Å²) in [7, 11) is 0. The Labute approximate surface area is 176 Å². The summed E-state index contributed by atoms with van der Waals surface area (Å²) in [6.45, 7) is -0.350. The fourth-order valence-corrected chi connectivity index (χ4v) is 3.38. The molecule has 1 aromatic heterocycles. The van der Waals surface area contributed by atoms with Gasteiger partial charge in [-0.05, 0) is 42.5 Å². The summed E-state index contributed by atoms with van der Waals surface area (Å²) in [6.07, 6.45) is 0.781. The molecule has 2 N–H and O–H groups in total. The maximum absolute atomic E-state index is 13.0. The number of hydrogen-bond acceptors (Lipinski definition) is 5. The number of ether oxygens (including phenoxy) is 1. The van der Waals surface area contributed by atoms with Gasteiger partial charge in [0.05, 0.1) is 16.8 Å². The first-order valence-electron chi connectivity index (χ1n) is 8.63. The van der Waals surface area contributed by atoms with Crippen LogP contribution >= 0.6 is 23.2 Å². The molecule has 0 saturated carbocycles. The number of rotatable bonds is 5. The number of carbonyl (C=O) groups is 2. The van der Waals surface area contributed by atoms with Gasteiger partial charge in [0.1, 0.15) is 11.5 Å². The molecule has 1 atom stereocenters. The van der Waals surface area contributed by atoms with Crippen LogP contribution in [0.4, 0.5) is 5.69 Å². The number of halogens is 2. The highest BCUT2D eigenvalue weighted by molar-refractivity contribution is 6.35. The number of nitrogens with one attached hydrogen (secondary N) is 2. The molecule has 2 aromatic carbocycles.